The highest BCUT2D eigenvalue weighted by Crippen LogP contribution is 2.17. The second-order valence-corrected chi connectivity index (χ2v) is 7.67. The summed E-state index contributed by atoms with van der Waals surface area (Å²) in [6.07, 6.45) is 3.96. The third kappa shape index (κ3) is 5.58. The van der Waals surface area contributed by atoms with E-state index >= 15 is 0 Å². The molecule has 0 bridgehead atoms. The molecule has 7 heteroatoms. The highest BCUT2D eigenvalue weighted by atomic mass is 32.1. The summed E-state index contributed by atoms with van der Waals surface area (Å²) in [5, 5.41) is 8.95. The van der Waals surface area contributed by atoms with Crippen molar-refractivity contribution in [2.24, 2.45) is 4.99 Å². The molecular weight excluding hydrogens is 326 g/mol. The van der Waals surface area contributed by atoms with E-state index in [0.717, 1.165) is 42.6 Å². The first-order valence-electron chi connectivity index (χ1n) is 8.01. The fraction of sp³-hybridized carbons (Fsp3) is 0.562. The number of guanidine groups is 1. The van der Waals surface area contributed by atoms with Gasteiger partial charge in [-0.05, 0) is 27.2 Å². The van der Waals surface area contributed by atoms with Crippen molar-refractivity contribution in [1.29, 1.82) is 0 Å². The van der Waals surface area contributed by atoms with E-state index in [4.69, 9.17) is 0 Å². The number of thiazole rings is 2. The van der Waals surface area contributed by atoms with Gasteiger partial charge in [0.2, 0.25) is 0 Å². The first kappa shape index (κ1) is 17.9. The summed E-state index contributed by atoms with van der Waals surface area (Å²) in [5.41, 5.74) is 1.09. The molecule has 0 unspecified atom stereocenters. The Morgan fingerprint density at radius 1 is 1.22 bits per heavy atom. The SMILES string of the molecule is CCNC(=NCc1sc(C)nc1C)NCCc1ncc(CC)s1. The maximum absolute atomic E-state index is 4.66. The van der Waals surface area contributed by atoms with E-state index in [1.165, 1.54) is 14.8 Å². The van der Waals surface area contributed by atoms with Crippen molar-refractivity contribution < 1.29 is 0 Å². The Kier molecular flexibility index (Phi) is 6.98. The molecule has 0 radical (unpaired) electrons. The molecule has 23 heavy (non-hydrogen) atoms. The summed E-state index contributed by atoms with van der Waals surface area (Å²) in [4.78, 5) is 16.1. The second kappa shape index (κ2) is 8.98. The molecule has 0 aliphatic heterocycles. The number of aromatic nitrogens is 2. The van der Waals surface area contributed by atoms with Gasteiger partial charge in [0, 0.05) is 35.5 Å². The Morgan fingerprint density at radius 3 is 2.65 bits per heavy atom. The number of hydrogen-bond acceptors (Lipinski definition) is 5. The summed E-state index contributed by atoms with van der Waals surface area (Å²) in [7, 11) is 0. The molecule has 0 amide bonds. The van der Waals surface area contributed by atoms with Gasteiger partial charge in [0.25, 0.3) is 0 Å². The smallest absolute Gasteiger partial charge is 0.191 e. The molecule has 0 spiro atoms. The summed E-state index contributed by atoms with van der Waals surface area (Å²) in [6.45, 7) is 10.7. The number of hydrogen-bond donors (Lipinski definition) is 2. The van der Waals surface area contributed by atoms with E-state index in [0.29, 0.717) is 6.54 Å². The molecule has 0 atom stereocenters. The predicted molar refractivity (Wildman–Crippen MR) is 99.6 cm³/mol. The normalized spacial score (nSPS) is 11.7. The van der Waals surface area contributed by atoms with Crippen LogP contribution in [0.5, 0.6) is 0 Å². The molecule has 126 valence electrons. The van der Waals surface area contributed by atoms with Crippen molar-refractivity contribution in [3.63, 3.8) is 0 Å². The Bertz CT molecular complexity index is 645. The van der Waals surface area contributed by atoms with Crippen LogP contribution in [0.15, 0.2) is 11.2 Å². The average Bonchev–Trinajstić information content (AvgIpc) is 3.11. The molecule has 5 nitrogen and oxygen atoms in total. The summed E-state index contributed by atoms with van der Waals surface area (Å²) >= 11 is 3.51. The molecular formula is C16H25N5S2. The van der Waals surface area contributed by atoms with Gasteiger partial charge in [-0.15, -0.1) is 22.7 Å². The largest absolute Gasteiger partial charge is 0.357 e. The van der Waals surface area contributed by atoms with Crippen LogP contribution in [0.1, 0.15) is 39.3 Å². The Morgan fingerprint density at radius 2 is 2.04 bits per heavy atom. The minimum absolute atomic E-state index is 0.671. The van der Waals surface area contributed by atoms with E-state index in [-0.39, 0.29) is 0 Å². The lowest BCUT2D eigenvalue weighted by Crippen LogP contribution is -2.38. The van der Waals surface area contributed by atoms with Gasteiger partial charge in [0.15, 0.2) is 5.96 Å². The van der Waals surface area contributed by atoms with Crippen molar-refractivity contribution in [1.82, 2.24) is 20.6 Å². The zero-order chi connectivity index (χ0) is 16.7. The van der Waals surface area contributed by atoms with E-state index in [1.54, 1.807) is 22.7 Å². The van der Waals surface area contributed by atoms with Gasteiger partial charge in [-0.25, -0.2) is 15.0 Å². The maximum Gasteiger partial charge on any atom is 0.191 e. The first-order valence-corrected chi connectivity index (χ1v) is 9.64. The third-order valence-electron chi connectivity index (χ3n) is 3.31. The molecule has 2 rings (SSSR count). The van der Waals surface area contributed by atoms with Gasteiger partial charge in [-0.3, -0.25) is 0 Å². The van der Waals surface area contributed by atoms with Gasteiger partial charge in [-0.1, -0.05) is 6.92 Å². The van der Waals surface area contributed by atoms with Gasteiger partial charge in [0.05, 0.1) is 22.3 Å². The number of aryl methyl sites for hydroxylation is 3. The van der Waals surface area contributed by atoms with Crippen molar-refractivity contribution >= 4 is 28.6 Å². The van der Waals surface area contributed by atoms with Crippen molar-refractivity contribution in [3.8, 4) is 0 Å². The molecule has 0 aromatic carbocycles. The van der Waals surface area contributed by atoms with Crippen molar-refractivity contribution in [3.05, 3.63) is 31.7 Å². The molecule has 2 aromatic heterocycles. The second-order valence-electron chi connectivity index (χ2n) is 5.19. The van der Waals surface area contributed by atoms with Crippen LogP contribution in [-0.2, 0) is 19.4 Å². The Balaban J connectivity index is 1.87. The third-order valence-corrected chi connectivity index (χ3v) is 5.56. The summed E-state index contributed by atoms with van der Waals surface area (Å²) in [6, 6.07) is 0. The quantitative estimate of drug-likeness (QED) is 0.594. The van der Waals surface area contributed by atoms with Crippen LogP contribution in [0, 0.1) is 13.8 Å². The molecule has 0 saturated heterocycles. The fourth-order valence-corrected chi connectivity index (χ4v) is 3.85. The van der Waals surface area contributed by atoms with Gasteiger partial charge in [0.1, 0.15) is 0 Å². The highest BCUT2D eigenvalue weighted by molar-refractivity contribution is 7.11. The molecule has 2 heterocycles. The molecule has 0 saturated carbocycles. The zero-order valence-corrected chi connectivity index (χ0v) is 15.9. The van der Waals surface area contributed by atoms with Crippen LogP contribution >= 0.6 is 22.7 Å². The van der Waals surface area contributed by atoms with Crippen molar-refractivity contribution in [2.45, 2.75) is 47.1 Å². The van der Waals surface area contributed by atoms with Gasteiger partial charge >= 0.3 is 0 Å². The average molecular weight is 352 g/mol. The van der Waals surface area contributed by atoms with Crippen molar-refractivity contribution in [2.75, 3.05) is 13.1 Å². The Labute approximate surface area is 146 Å². The fourth-order valence-electron chi connectivity index (χ4n) is 2.13. The van der Waals surface area contributed by atoms with E-state index < -0.39 is 0 Å². The minimum atomic E-state index is 0.671. The molecule has 2 N–H and O–H groups in total. The maximum atomic E-state index is 4.66. The van der Waals surface area contributed by atoms with Gasteiger partial charge in [-0.2, -0.15) is 0 Å². The molecule has 0 aliphatic rings. The number of nitrogens with zero attached hydrogens (tertiary/aromatic N) is 3. The van der Waals surface area contributed by atoms with Crippen LogP contribution in [0.2, 0.25) is 0 Å². The minimum Gasteiger partial charge on any atom is -0.357 e. The standard InChI is InChI=1S/C16H25N5S2/c1-5-13-9-19-15(23-13)7-8-18-16(17-6-2)20-10-14-11(3)21-12(4)22-14/h9H,5-8,10H2,1-4H3,(H2,17,18,20). The zero-order valence-electron chi connectivity index (χ0n) is 14.3. The lowest BCUT2D eigenvalue weighted by atomic mass is 10.4. The number of aliphatic imine (C=N–C) groups is 1. The van der Waals surface area contributed by atoms with Crippen LogP contribution in [0.4, 0.5) is 0 Å². The van der Waals surface area contributed by atoms with Crippen LogP contribution in [0.3, 0.4) is 0 Å². The van der Waals surface area contributed by atoms with E-state index in [1.807, 2.05) is 20.0 Å². The predicted octanol–water partition coefficient (Wildman–Crippen LogP) is 3.08. The topological polar surface area (TPSA) is 62.2 Å². The Hall–Kier alpha value is -1.47. The summed E-state index contributed by atoms with van der Waals surface area (Å²) in [5.74, 6) is 0.852. The molecule has 0 fully saturated rings. The highest BCUT2D eigenvalue weighted by Gasteiger charge is 2.05. The van der Waals surface area contributed by atoms with E-state index in [2.05, 4.69) is 39.4 Å². The molecule has 2 aromatic rings. The lowest BCUT2D eigenvalue weighted by molar-refractivity contribution is 0.797. The first-order chi connectivity index (χ1) is 11.1. The molecule has 0 aliphatic carbocycles. The monoisotopic (exact) mass is 351 g/mol. The lowest BCUT2D eigenvalue weighted by Gasteiger charge is -2.10. The number of nitrogens with one attached hydrogen (secondary N) is 2. The van der Waals surface area contributed by atoms with Crippen LogP contribution in [0.25, 0.3) is 0 Å². The summed E-state index contributed by atoms with van der Waals surface area (Å²) < 4.78 is 0. The van der Waals surface area contributed by atoms with E-state index in [9.17, 15) is 0 Å². The van der Waals surface area contributed by atoms with Crippen LogP contribution in [-0.4, -0.2) is 29.0 Å². The van der Waals surface area contributed by atoms with Crippen LogP contribution < -0.4 is 10.6 Å². The number of rotatable bonds is 7. The van der Waals surface area contributed by atoms with Gasteiger partial charge < -0.3 is 10.6 Å².